The predicted octanol–water partition coefficient (Wildman–Crippen LogP) is 2.08. The summed E-state index contributed by atoms with van der Waals surface area (Å²) >= 11 is 0. The van der Waals surface area contributed by atoms with Gasteiger partial charge in [-0.05, 0) is 17.9 Å². The van der Waals surface area contributed by atoms with Crippen LogP contribution in [0.15, 0.2) is 30.3 Å². The largest absolute Gasteiger partial charge is 0.445 e. The van der Waals surface area contributed by atoms with E-state index in [1.807, 2.05) is 44.2 Å². The van der Waals surface area contributed by atoms with E-state index in [0.29, 0.717) is 11.5 Å². The smallest absolute Gasteiger partial charge is 0.433 e. The fourth-order valence-corrected chi connectivity index (χ4v) is 2.44. The number of nitrogens with one attached hydrogen (secondary N) is 2. The summed E-state index contributed by atoms with van der Waals surface area (Å²) in [6.45, 7) is 3.90. The molecule has 4 amide bonds. The minimum atomic E-state index is -1.01. The van der Waals surface area contributed by atoms with Crippen LogP contribution in [0.4, 0.5) is 9.59 Å². The first-order valence-electron chi connectivity index (χ1n) is 8.66. The van der Waals surface area contributed by atoms with Crippen LogP contribution in [0, 0.1) is 5.92 Å². The molecular weight excluding hydrogens is 354 g/mol. The van der Waals surface area contributed by atoms with Gasteiger partial charge in [-0.25, -0.2) is 9.59 Å². The van der Waals surface area contributed by atoms with Crippen LogP contribution in [0.3, 0.4) is 0 Å². The van der Waals surface area contributed by atoms with Gasteiger partial charge in [-0.3, -0.25) is 14.9 Å². The third-order valence-corrected chi connectivity index (χ3v) is 3.68. The molecule has 2 rings (SSSR count). The Kier molecular flexibility index (Phi) is 7.16. The first-order valence-corrected chi connectivity index (χ1v) is 8.66. The van der Waals surface area contributed by atoms with E-state index in [4.69, 9.17) is 9.57 Å². The highest BCUT2D eigenvalue weighted by atomic mass is 16.7. The molecule has 1 atom stereocenters. The summed E-state index contributed by atoms with van der Waals surface area (Å²) in [4.78, 5) is 51.7. The van der Waals surface area contributed by atoms with Crippen molar-refractivity contribution in [1.29, 1.82) is 0 Å². The van der Waals surface area contributed by atoms with Gasteiger partial charge < -0.3 is 14.9 Å². The van der Waals surface area contributed by atoms with Gasteiger partial charge in [0.15, 0.2) is 0 Å². The van der Waals surface area contributed by atoms with Crippen LogP contribution < -0.4 is 10.6 Å². The minimum absolute atomic E-state index is 0.00555. The second-order valence-corrected chi connectivity index (χ2v) is 6.49. The lowest BCUT2D eigenvalue weighted by Gasteiger charge is -2.22. The Labute approximate surface area is 156 Å². The number of hydrogen-bond donors (Lipinski definition) is 2. The van der Waals surface area contributed by atoms with Crippen LogP contribution in [0.2, 0.25) is 0 Å². The van der Waals surface area contributed by atoms with Gasteiger partial charge in [-0.2, -0.15) is 0 Å². The third kappa shape index (κ3) is 6.61. The molecule has 1 aliphatic rings. The Balaban J connectivity index is 1.86. The van der Waals surface area contributed by atoms with Crippen molar-refractivity contribution in [3.8, 4) is 0 Å². The molecule has 9 nitrogen and oxygen atoms in total. The number of carbonyl (C=O) groups is 4. The lowest BCUT2D eigenvalue weighted by Crippen LogP contribution is -2.50. The Morgan fingerprint density at radius 3 is 2.22 bits per heavy atom. The molecule has 1 aromatic rings. The summed E-state index contributed by atoms with van der Waals surface area (Å²) < 4.78 is 5.13. The predicted molar refractivity (Wildman–Crippen MR) is 93.7 cm³/mol. The molecule has 0 unspecified atom stereocenters. The first kappa shape index (κ1) is 20.2. The fraction of sp³-hybridized carbons (Fsp3) is 0.444. The normalized spacial score (nSPS) is 14.9. The average molecular weight is 377 g/mol. The SMILES string of the molecule is CC(C)C[C@H](NC(=O)OCc1ccccc1)NC(=O)ON1C(=O)CCC1=O. The van der Waals surface area contributed by atoms with E-state index >= 15 is 0 Å². The molecule has 0 bridgehead atoms. The van der Waals surface area contributed by atoms with Crippen molar-refractivity contribution in [3.05, 3.63) is 35.9 Å². The van der Waals surface area contributed by atoms with Crippen molar-refractivity contribution in [2.75, 3.05) is 0 Å². The number of amides is 4. The van der Waals surface area contributed by atoms with Crippen LogP contribution in [0.25, 0.3) is 0 Å². The lowest BCUT2D eigenvalue weighted by atomic mass is 10.1. The summed E-state index contributed by atoms with van der Waals surface area (Å²) in [6.07, 6.45) is -2.09. The Hall–Kier alpha value is -3.10. The summed E-state index contributed by atoms with van der Waals surface area (Å²) in [7, 11) is 0. The van der Waals surface area contributed by atoms with Gasteiger partial charge in [-0.15, -0.1) is 5.06 Å². The molecule has 1 aromatic carbocycles. The summed E-state index contributed by atoms with van der Waals surface area (Å²) in [5, 5.41) is 5.40. The maximum Gasteiger partial charge on any atom is 0.433 e. The molecule has 0 aliphatic carbocycles. The van der Waals surface area contributed by atoms with Gasteiger partial charge in [0, 0.05) is 12.8 Å². The van der Waals surface area contributed by atoms with Crippen LogP contribution in [0.5, 0.6) is 0 Å². The van der Waals surface area contributed by atoms with Gasteiger partial charge in [0.1, 0.15) is 12.8 Å². The van der Waals surface area contributed by atoms with Crippen LogP contribution in [-0.2, 0) is 25.8 Å². The van der Waals surface area contributed by atoms with Crippen LogP contribution in [0.1, 0.15) is 38.7 Å². The van der Waals surface area contributed by atoms with E-state index in [9.17, 15) is 19.2 Å². The molecule has 2 N–H and O–H groups in total. The summed E-state index contributed by atoms with van der Waals surface area (Å²) in [5.41, 5.74) is 0.825. The topological polar surface area (TPSA) is 114 Å². The van der Waals surface area contributed by atoms with Gasteiger partial charge >= 0.3 is 12.2 Å². The van der Waals surface area contributed by atoms with Crippen molar-refractivity contribution in [2.45, 2.75) is 45.9 Å². The maximum atomic E-state index is 12.0. The molecule has 0 aromatic heterocycles. The molecule has 9 heteroatoms. The fourth-order valence-electron chi connectivity index (χ4n) is 2.44. The summed E-state index contributed by atoms with van der Waals surface area (Å²) in [6, 6.07) is 9.15. The molecule has 0 saturated carbocycles. The molecule has 1 aliphatic heterocycles. The van der Waals surface area contributed by atoms with E-state index in [2.05, 4.69) is 10.6 Å². The highest BCUT2D eigenvalue weighted by Gasteiger charge is 2.33. The number of ether oxygens (including phenoxy) is 1. The van der Waals surface area contributed by atoms with E-state index < -0.39 is 30.2 Å². The number of benzene rings is 1. The van der Waals surface area contributed by atoms with Gasteiger partial charge in [0.05, 0.1) is 0 Å². The van der Waals surface area contributed by atoms with E-state index in [1.54, 1.807) is 0 Å². The van der Waals surface area contributed by atoms with Gasteiger partial charge in [0.25, 0.3) is 11.8 Å². The molecule has 0 radical (unpaired) electrons. The second kappa shape index (κ2) is 9.56. The van der Waals surface area contributed by atoms with Crippen LogP contribution >= 0.6 is 0 Å². The minimum Gasteiger partial charge on any atom is -0.445 e. The molecule has 1 fully saturated rings. The zero-order valence-electron chi connectivity index (χ0n) is 15.3. The maximum absolute atomic E-state index is 12.0. The standard InChI is InChI=1S/C18H23N3O6/c1-12(2)10-14(19-17(24)26-11-13-6-4-3-5-7-13)20-18(25)27-21-15(22)8-9-16(21)23/h3-7,12,14H,8-11H2,1-2H3,(H,19,24)(H,20,25)/t14-/m1/s1. The molecule has 27 heavy (non-hydrogen) atoms. The van der Waals surface area contributed by atoms with Gasteiger partial charge in [0.2, 0.25) is 0 Å². The highest BCUT2D eigenvalue weighted by molar-refractivity contribution is 6.01. The van der Waals surface area contributed by atoms with Crippen molar-refractivity contribution < 1.29 is 28.8 Å². The second-order valence-electron chi connectivity index (χ2n) is 6.49. The number of hydroxylamine groups is 2. The molecular formula is C18H23N3O6. The number of rotatable bonds is 7. The number of nitrogens with zero attached hydrogens (tertiary/aromatic N) is 1. The lowest BCUT2D eigenvalue weighted by molar-refractivity contribution is -0.171. The molecule has 146 valence electrons. The van der Waals surface area contributed by atoms with E-state index in [0.717, 1.165) is 5.56 Å². The zero-order valence-corrected chi connectivity index (χ0v) is 15.3. The summed E-state index contributed by atoms with van der Waals surface area (Å²) in [5.74, 6) is -1.02. The van der Waals surface area contributed by atoms with Crippen LogP contribution in [-0.4, -0.2) is 35.2 Å². The highest BCUT2D eigenvalue weighted by Crippen LogP contribution is 2.12. The Bertz CT molecular complexity index is 676. The number of alkyl carbamates (subject to hydrolysis) is 1. The third-order valence-electron chi connectivity index (χ3n) is 3.68. The number of carbonyl (C=O) groups excluding carboxylic acids is 4. The van der Waals surface area contributed by atoms with Gasteiger partial charge in [-0.1, -0.05) is 44.2 Å². The molecule has 0 spiro atoms. The quantitative estimate of drug-likeness (QED) is 0.555. The molecule has 1 heterocycles. The zero-order chi connectivity index (χ0) is 19.8. The van der Waals surface area contributed by atoms with Crippen molar-refractivity contribution >= 4 is 24.0 Å². The average Bonchev–Trinajstić information content (AvgIpc) is 2.92. The van der Waals surface area contributed by atoms with E-state index in [1.165, 1.54) is 0 Å². The Morgan fingerprint density at radius 2 is 1.63 bits per heavy atom. The Morgan fingerprint density at radius 1 is 1.04 bits per heavy atom. The number of hydrogen-bond acceptors (Lipinski definition) is 6. The van der Waals surface area contributed by atoms with Crippen molar-refractivity contribution in [1.82, 2.24) is 15.7 Å². The monoisotopic (exact) mass is 377 g/mol. The van der Waals surface area contributed by atoms with E-state index in [-0.39, 0.29) is 25.4 Å². The first-order chi connectivity index (χ1) is 12.8. The van der Waals surface area contributed by atoms with Crippen molar-refractivity contribution in [3.63, 3.8) is 0 Å². The molecule has 1 saturated heterocycles. The number of imide groups is 1. The van der Waals surface area contributed by atoms with Crippen molar-refractivity contribution in [2.24, 2.45) is 5.92 Å².